The second-order valence-corrected chi connectivity index (χ2v) is 4.44. The molecule has 3 nitrogen and oxygen atoms in total. The molecule has 0 atom stereocenters. The maximum atomic E-state index is 14.0. The highest BCUT2D eigenvalue weighted by molar-refractivity contribution is 6.10. The fourth-order valence-electron chi connectivity index (χ4n) is 1.89. The molecule has 0 saturated carbocycles. The molecule has 114 valence electrons. The summed E-state index contributed by atoms with van der Waals surface area (Å²) in [5.74, 6) is -1.38. The lowest BCUT2D eigenvalue weighted by molar-refractivity contribution is 0.101. The summed E-state index contributed by atoms with van der Waals surface area (Å²) in [5.41, 5.74) is 0.529. The quantitative estimate of drug-likeness (QED) is 0.618. The average Bonchev–Trinajstić information content (AvgIpc) is 2.55. The molecule has 0 fully saturated rings. The molecule has 0 spiro atoms. The zero-order valence-corrected chi connectivity index (χ0v) is 12.1. The molecule has 2 rings (SSSR count). The lowest BCUT2D eigenvalue weighted by Crippen LogP contribution is -2.01. The first-order valence-corrected chi connectivity index (χ1v) is 6.44. The molecule has 0 aliphatic rings. The summed E-state index contributed by atoms with van der Waals surface area (Å²) >= 11 is 0. The molecule has 0 aromatic heterocycles. The third-order valence-electron chi connectivity index (χ3n) is 3.03. The van der Waals surface area contributed by atoms with Crippen molar-refractivity contribution in [1.82, 2.24) is 0 Å². The molecule has 0 aliphatic carbocycles. The van der Waals surface area contributed by atoms with Crippen LogP contribution in [0.25, 0.3) is 6.08 Å². The fourth-order valence-corrected chi connectivity index (χ4v) is 1.89. The van der Waals surface area contributed by atoms with Crippen LogP contribution in [-0.4, -0.2) is 20.0 Å². The molecule has 0 saturated heterocycles. The highest BCUT2D eigenvalue weighted by Crippen LogP contribution is 2.28. The smallest absolute Gasteiger partial charge is 0.221 e. The Labute approximate surface area is 126 Å². The molecule has 0 aliphatic heterocycles. The van der Waals surface area contributed by atoms with E-state index < -0.39 is 17.4 Å². The van der Waals surface area contributed by atoms with E-state index >= 15 is 0 Å². The van der Waals surface area contributed by atoms with Gasteiger partial charge in [0, 0.05) is 5.56 Å². The zero-order chi connectivity index (χ0) is 16.1. The van der Waals surface area contributed by atoms with E-state index in [1.54, 1.807) is 0 Å². The number of carbonyl (C=O) groups excluding carboxylic acids is 1. The number of carbonyl (C=O) groups is 1. The lowest BCUT2D eigenvalue weighted by atomic mass is 10.1. The van der Waals surface area contributed by atoms with Gasteiger partial charge < -0.3 is 9.47 Å². The van der Waals surface area contributed by atoms with Crippen molar-refractivity contribution >= 4 is 11.9 Å². The second-order valence-electron chi connectivity index (χ2n) is 4.44. The van der Waals surface area contributed by atoms with Crippen molar-refractivity contribution in [3.05, 3.63) is 65.2 Å². The number of halogens is 2. The van der Waals surface area contributed by atoms with Gasteiger partial charge in [-0.05, 0) is 42.0 Å². The summed E-state index contributed by atoms with van der Waals surface area (Å²) in [7, 11) is 2.89. The van der Waals surface area contributed by atoms with Crippen molar-refractivity contribution in [3.8, 4) is 11.5 Å². The standard InChI is InChI=1S/C17H14F2O3/c1-21-15-8-5-12(10-16(15)22-2)17(20)14(19)9-11-3-6-13(18)7-4-11/h3-10H,1-2H3/b14-9-. The van der Waals surface area contributed by atoms with Gasteiger partial charge in [-0.3, -0.25) is 4.79 Å². The van der Waals surface area contributed by atoms with Crippen LogP contribution in [-0.2, 0) is 0 Å². The first-order valence-electron chi connectivity index (χ1n) is 6.44. The fraction of sp³-hybridized carbons (Fsp3) is 0.118. The number of ether oxygens (including phenoxy) is 2. The maximum Gasteiger partial charge on any atom is 0.221 e. The summed E-state index contributed by atoms with van der Waals surface area (Å²) in [6, 6.07) is 9.53. The lowest BCUT2D eigenvalue weighted by Gasteiger charge is -2.08. The van der Waals surface area contributed by atoms with E-state index in [0.717, 1.165) is 6.08 Å². The van der Waals surface area contributed by atoms with Crippen molar-refractivity contribution < 1.29 is 23.0 Å². The predicted octanol–water partition coefficient (Wildman–Crippen LogP) is 4.04. The minimum atomic E-state index is -0.946. The van der Waals surface area contributed by atoms with Crippen molar-refractivity contribution in [3.63, 3.8) is 0 Å². The molecule has 0 unspecified atom stereocenters. The molecular formula is C17H14F2O3. The van der Waals surface area contributed by atoms with Crippen LogP contribution >= 0.6 is 0 Å². The molecular weight excluding hydrogens is 290 g/mol. The number of Topliss-reactive ketones (excluding diaryl/α,β-unsaturated/α-hetero) is 1. The minimum absolute atomic E-state index is 0.133. The van der Waals surface area contributed by atoms with Gasteiger partial charge in [-0.25, -0.2) is 8.78 Å². The zero-order valence-electron chi connectivity index (χ0n) is 12.1. The van der Waals surface area contributed by atoms with E-state index in [0.29, 0.717) is 17.1 Å². The number of ketones is 1. The maximum absolute atomic E-state index is 14.0. The van der Waals surface area contributed by atoms with E-state index in [4.69, 9.17) is 9.47 Å². The first-order chi connectivity index (χ1) is 10.5. The first kappa shape index (κ1) is 15.7. The summed E-state index contributed by atoms with van der Waals surface area (Å²) < 4.78 is 37.0. The van der Waals surface area contributed by atoms with Gasteiger partial charge >= 0.3 is 0 Å². The highest BCUT2D eigenvalue weighted by atomic mass is 19.1. The van der Waals surface area contributed by atoms with Crippen molar-refractivity contribution in [1.29, 1.82) is 0 Å². The Bertz CT molecular complexity index is 706. The number of methoxy groups -OCH3 is 2. The molecule has 0 radical (unpaired) electrons. The van der Waals surface area contributed by atoms with Crippen molar-refractivity contribution in [2.24, 2.45) is 0 Å². The van der Waals surface area contributed by atoms with Gasteiger partial charge in [0.15, 0.2) is 17.3 Å². The summed E-state index contributed by atoms with van der Waals surface area (Å²) in [4.78, 5) is 12.1. The Balaban J connectivity index is 2.28. The highest BCUT2D eigenvalue weighted by Gasteiger charge is 2.15. The molecule has 0 N–H and O–H groups in total. The molecule has 2 aromatic rings. The van der Waals surface area contributed by atoms with Gasteiger partial charge in [0.25, 0.3) is 0 Å². The Morgan fingerprint density at radius 2 is 1.64 bits per heavy atom. The molecule has 22 heavy (non-hydrogen) atoms. The molecule has 5 heteroatoms. The molecule has 0 amide bonds. The Morgan fingerprint density at radius 1 is 1.00 bits per heavy atom. The van der Waals surface area contributed by atoms with E-state index in [1.165, 1.54) is 56.7 Å². The van der Waals surface area contributed by atoms with Gasteiger partial charge in [0.1, 0.15) is 5.82 Å². The predicted molar refractivity (Wildman–Crippen MR) is 79.4 cm³/mol. The topological polar surface area (TPSA) is 35.5 Å². The van der Waals surface area contributed by atoms with Crippen LogP contribution in [0.5, 0.6) is 11.5 Å². The van der Waals surface area contributed by atoms with Crippen LogP contribution in [0, 0.1) is 5.82 Å². The van der Waals surface area contributed by atoms with E-state index in [-0.39, 0.29) is 5.56 Å². The van der Waals surface area contributed by atoms with Gasteiger partial charge in [0.2, 0.25) is 5.78 Å². The third-order valence-corrected chi connectivity index (χ3v) is 3.03. The number of hydrogen-bond acceptors (Lipinski definition) is 3. The van der Waals surface area contributed by atoms with Crippen LogP contribution in [0.3, 0.4) is 0 Å². The SMILES string of the molecule is COc1ccc(C(=O)/C(F)=C/c2ccc(F)cc2)cc1OC. The van der Waals surface area contributed by atoms with Crippen LogP contribution in [0.15, 0.2) is 48.3 Å². The summed E-state index contributed by atoms with van der Waals surface area (Å²) in [5, 5.41) is 0. The summed E-state index contributed by atoms with van der Waals surface area (Å²) in [6.07, 6.45) is 1.05. The van der Waals surface area contributed by atoms with E-state index in [9.17, 15) is 13.6 Å². The van der Waals surface area contributed by atoms with Gasteiger partial charge in [-0.15, -0.1) is 0 Å². The number of benzene rings is 2. The van der Waals surface area contributed by atoms with Gasteiger partial charge in [-0.2, -0.15) is 0 Å². The Morgan fingerprint density at radius 3 is 2.23 bits per heavy atom. The van der Waals surface area contributed by atoms with Crippen LogP contribution < -0.4 is 9.47 Å². The number of rotatable bonds is 5. The Hall–Kier alpha value is -2.69. The van der Waals surface area contributed by atoms with Crippen LogP contribution in [0.1, 0.15) is 15.9 Å². The molecule has 0 heterocycles. The Kier molecular flexibility index (Phi) is 4.88. The van der Waals surface area contributed by atoms with E-state index in [2.05, 4.69) is 0 Å². The monoisotopic (exact) mass is 304 g/mol. The average molecular weight is 304 g/mol. The minimum Gasteiger partial charge on any atom is -0.493 e. The summed E-state index contributed by atoms with van der Waals surface area (Å²) in [6.45, 7) is 0. The number of allylic oxidation sites excluding steroid dienone is 1. The normalized spacial score (nSPS) is 11.2. The second kappa shape index (κ2) is 6.85. The van der Waals surface area contributed by atoms with E-state index in [1.807, 2.05) is 0 Å². The van der Waals surface area contributed by atoms with Gasteiger partial charge in [-0.1, -0.05) is 12.1 Å². The largest absolute Gasteiger partial charge is 0.493 e. The van der Waals surface area contributed by atoms with Crippen molar-refractivity contribution in [2.75, 3.05) is 14.2 Å². The van der Waals surface area contributed by atoms with Crippen LogP contribution in [0.4, 0.5) is 8.78 Å². The molecule has 2 aromatic carbocycles. The van der Waals surface area contributed by atoms with Crippen molar-refractivity contribution in [2.45, 2.75) is 0 Å². The van der Waals surface area contributed by atoms with Gasteiger partial charge in [0.05, 0.1) is 14.2 Å². The molecule has 0 bridgehead atoms. The van der Waals surface area contributed by atoms with Crippen LogP contribution in [0.2, 0.25) is 0 Å². The number of hydrogen-bond donors (Lipinski definition) is 0. The third kappa shape index (κ3) is 3.49.